The van der Waals surface area contributed by atoms with Gasteiger partial charge in [-0.3, -0.25) is 4.90 Å². The van der Waals surface area contributed by atoms with Gasteiger partial charge < -0.3 is 4.79 Å². The second kappa shape index (κ2) is 5.74. The number of nitrogens with zero attached hydrogens (tertiary/aromatic N) is 1. The topological polar surface area (TPSA) is 20.3 Å². The van der Waals surface area contributed by atoms with E-state index in [1.807, 2.05) is 0 Å². The Balaban J connectivity index is 1.92. The maximum atomic E-state index is 12.4. The van der Waals surface area contributed by atoms with Crippen molar-refractivity contribution in [2.75, 3.05) is 13.1 Å². The molecule has 5 heteroatoms. The highest BCUT2D eigenvalue weighted by atomic mass is 19.4. The monoisotopic (exact) mass is 271 g/mol. The van der Waals surface area contributed by atoms with Crippen molar-refractivity contribution in [3.8, 4) is 0 Å². The van der Waals surface area contributed by atoms with Crippen LogP contribution in [0.15, 0.2) is 24.3 Å². The van der Waals surface area contributed by atoms with E-state index in [0.717, 1.165) is 49.9 Å². The molecule has 1 aliphatic heterocycles. The molecular formula is C14H16F3NO. The Morgan fingerprint density at radius 1 is 1.16 bits per heavy atom. The third-order valence-corrected chi connectivity index (χ3v) is 3.51. The minimum atomic E-state index is -4.28. The van der Waals surface area contributed by atoms with E-state index in [2.05, 4.69) is 4.90 Å². The first-order valence-electron chi connectivity index (χ1n) is 6.33. The van der Waals surface area contributed by atoms with Crippen LogP contribution in [0, 0.1) is 5.92 Å². The van der Waals surface area contributed by atoms with Crippen molar-refractivity contribution in [3.05, 3.63) is 35.4 Å². The zero-order valence-corrected chi connectivity index (χ0v) is 10.5. The van der Waals surface area contributed by atoms with Crippen molar-refractivity contribution >= 4 is 6.29 Å². The van der Waals surface area contributed by atoms with Crippen LogP contribution in [-0.2, 0) is 17.5 Å². The van der Waals surface area contributed by atoms with E-state index in [-0.39, 0.29) is 5.92 Å². The summed E-state index contributed by atoms with van der Waals surface area (Å²) in [6, 6.07) is 5.28. The number of carbonyl (C=O) groups excluding carboxylic acids is 1. The maximum absolute atomic E-state index is 12.4. The van der Waals surface area contributed by atoms with Gasteiger partial charge in [-0.05, 0) is 43.6 Å². The molecule has 0 atom stereocenters. The molecule has 0 saturated carbocycles. The number of likely N-dealkylation sites (tertiary alicyclic amines) is 1. The Hall–Kier alpha value is -1.36. The molecule has 1 aromatic carbocycles. The van der Waals surface area contributed by atoms with Crippen LogP contribution in [-0.4, -0.2) is 24.3 Å². The Kier molecular flexibility index (Phi) is 4.24. The van der Waals surface area contributed by atoms with Gasteiger partial charge >= 0.3 is 6.18 Å². The zero-order chi connectivity index (χ0) is 13.9. The van der Waals surface area contributed by atoms with Crippen molar-refractivity contribution in [2.45, 2.75) is 25.6 Å². The maximum Gasteiger partial charge on any atom is 0.416 e. The van der Waals surface area contributed by atoms with E-state index < -0.39 is 11.7 Å². The summed E-state index contributed by atoms with van der Waals surface area (Å²) in [5.74, 6) is 0.142. The predicted octanol–water partition coefficient (Wildman–Crippen LogP) is 3.12. The first kappa shape index (κ1) is 14.1. The number of benzene rings is 1. The minimum Gasteiger partial charge on any atom is -0.303 e. The standard InChI is InChI=1S/C14H16F3NO/c15-14(16,17)13-3-1-11(2-4-13)9-18-7-5-12(10-19)6-8-18/h1-4,10,12H,5-9H2. The number of rotatable bonds is 3. The molecule has 19 heavy (non-hydrogen) atoms. The fraction of sp³-hybridized carbons (Fsp3) is 0.500. The molecule has 0 N–H and O–H groups in total. The molecule has 0 aromatic heterocycles. The fourth-order valence-electron chi connectivity index (χ4n) is 2.30. The van der Waals surface area contributed by atoms with Gasteiger partial charge in [0, 0.05) is 12.5 Å². The molecule has 1 aromatic rings. The molecule has 2 nitrogen and oxygen atoms in total. The largest absolute Gasteiger partial charge is 0.416 e. The number of halogens is 3. The predicted molar refractivity (Wildman–Crippen MR) is 65.5 cm³/mol. The number of hydrogen-bond acceptors (Lipinski definition) is 2. The van der Waals surface area contributed by atoms with Crippen molar-refractivity contribution in [2.24, 2.45) is 5.92 Å². The van der Waals surface area contributed by atoms with E-state index >= 15 is 0 Å². The van der Waals surface area contributed by atoms with Gasteiger partial charge in [0.15, 0.2) is 0 Å². The highest BCUT2D eigenvalue weighted by molar-refractivity contribution is 5.53. The van der Waals surface area contributed by atoms with Gasteiger partial charge in [0.25, 0.3) is 0 Å². The molecule has 0 bridgehead atoms. The van der Waals surface area contributed by atoms with E-state index in [1.54, 1.807) is 0 Å². The highest BCUT2D eigenvalue weighted by Crippen LogP contribution is 2.29. The van der Waals surface area contributed by atoms with Crippen LogP contribution in [0.2, 0.25) is 0 Å². The molecule has 1 heterocycles. The highest BCUT2D eigenvalue weighted by Gasteiger charge is 2.30. The second-order valence-corrected chi connectivity index (χ2v) is 4.94. The van der Waals surface area contributed by atoms with E-state index in [0.29, 0.717) is 6.54 Å². The second-order valence-electron chi connectivity index (χ2n) is 4.94. The fourth-order valence-corrected chi connectivity index (χ4v) is 2.30. The molecule has 0 amide bonds. The summed E-state index contributed by atoms with van der Waals surface area (Å²) in [6.45, 7) is 2.29. The molecule has 0 aliphatic carbocycles. The molecule has 1 aliphatic rings. The van der Waals surface area contributed by atoms with Crippen molar-refractivity contribution in [1.29, 1.82) is 0 Å². The van der Waals surface area contributed by atoms with Crippen molar-refractivity contribution < 1.29 is 18.0 Å². The molecule has 0 unspecified atom stereocenters. The van der Waals surface area contributed by atoms with Crippen molar-refractivity contribution in [3.63, 3.8) is 0 Å². The number of hydrogen-bond donors (Lipinski definition) is 0. The number of carbonyl (C=O) groups is 1. The summed E-state index contributed by atoms with van der Waals surface area (Å²) in [7, 11) is 0. The zero-order valence-electron chi connectivity index (χ0n) is 10.5. The molecule has 0 radical (unpaired) electrons. The van der Waals surface area contributed by atoms with Crippen LogP contribution in [0.3, 0.4) is 0 Å². The third kappa shape index (κ3) is 3.80. The molecule has 1 saturated heterocycles. The summed E-state index contributed by atoms with van der Waals surface area (Å²) in [5, 5.41) is 0. The van der Waals surface area contributed by atoms with Crippen LogP contribution in [0.1, 0.15) is 24.0 Å². The summed E-state index contributed by atoms with van der Waals surface area (Å²) < 4.78 is 37.3. The number of aldehydes is 1. The summed E-state index contributed by atoms with van der Waals surface area (Å²) in [5.41, 5.74) is 0.258. The van der Waals surface area contributed by atoms with E-state index in [4.69, 9.17) is 0 Å². The Morgan fingerprint density at radius 2 is 1.74 bits per heavy atom. The lowest BCUT2D eigenvalue weighted by atomic mass is 9.98. The van der Waals surface area contributed by atoms with Gasteiger partial charge in [-0.1, -0.05) is 12.1 Å². The Labute approximate surface area is 110 Å². The number of alkyl halides is 3. The quantitative estimate of drug-likeness (QED) is 0.787. The molecule has 0 spiro atoms. The summed E-state index contributed by atoms with van der Waals surface area (Å²) in [6.07, 6.45) is -1.61. The first-order chi connectivity index (χ1) is 8.99. The Morgan fingerprint density at radius 3 is 2.21 bits per heavy atom. The van der Waals surface area contributed by atoms with Gasteiger partial charge in [0.1, 0.15) is 6.29 Å². The van der Waals surface area contributed by atoms with E-state index in [9.17, 15) is 18.0 Å². The lowest BCUT2D eigenvalue weighted by molar-refractivity contribution is -0.137. The van der Waals surface area contributed by atoms with E-state index in [1.165, 1.54) is 12.1 Å². The first-order valence-corrected chi connectivity index (χ1v) is 6.33. The number of piperidine rings is 1. The Bertz CT molecular complexity index is 419. The van der Waals surface area contributed by atoms with Crippen LogP contribution in [0.5, 0.6) is 0 Å². The molecular weight excluding hydrogens is 255 g/mol. The average Bonchev–Trinajstić information content (AvgIpc) is 2.39. The third-order valence-electron chi connectivity index (χ3n) is 3.51. The normalized spacial score (nSPS) is 18.5. The lowest BCUT2D eigenvalue weighted by Gasteiger charge is -2.29. The van der Waals surface area contributed by atoms with Gasteiger partial charge in [-0.25, -0.2) is 0 Å². The summed E-state index contributed by atoms with van der Waals surface area (Å²) >= 11 is 0. The molecule has 104 valence electrons. The van der Waals surface area contributed by atoms with Crippen LogP contribution < -0.4 is 0 Å². The van der Waals surface area contributed by atoms with Gasteiger partial charge in [0.2, 0.25) is 0 Å². The van der Waals surface area contributed by atoms with Gasteiger partial charge in [-0.2, -0.15) is 13.2 Å². The van der Waals surface area contributed by atoms with Crippen molar-refractivity contribution in [1.82, 2.24) is 4.90 Å². The van der Waals surface area contributed by atoms with Gasteiger partial charge in [-0.15, -0.1) is 0 Å². The van der Waals surface area contributed by atoms with Crippen LogP contribution in [0.4, 0.5) is 13.2 Å². The lowest BCUT2D eigenvalue weighted by Crippen LogP contribution is -2.33. The average molecular weight is 271 g/mol. The smallest absolute Gasteiger partial charge is 0.303 e. The minimum absolute atomic E-state index is 0.142. The molecule has 2 rings (SSSR count). The summed E-state index contributed by atoms with van der Waals surface area (Å²) in [4.78, 5) is 12.8. The van der Waals surface area contributed by atoms with Gasteiger partial charge in [0.05, 0.1) is 5.56 Å². The van der Waals surface area contributed by atoms with Crippen LogP contribution >= 0.6 is 0 Å². The SMILES string of the molecule is O=CC1CCN(Cc2ccc(C(F)(F)F)cc2)CC1. The van der Waals surface area contributed by atoms with Crippen LogP contribution in [0.25, 0.3) is 0 Å². The molecule has 1 fully saturated rings.